The van der Waals surface area contributed by atoms with Crippen LogP contribution in [0.3, 0.4) is 0 Å². The van der Waals surface area contributed by atoms with Crippen LogP contribution in [0.25, 0.3) is 0 Å². The minimum Gasteiger partial charge on any atom is -0.475 e. The fourth-order valence-corrected chi connectivity index (χ4v) is 3.60. The summed E-state index contributed by atoms with van der Waals surface area (Å²) in [6, 6.07) is 6.20. The third kappa shape index (κ3) is 10.1. The van der Waals surface area contributed by atoms with E-state index in [1.807, 2.05) is 24.4 Å². The van der Waals surface area contributed by atoms with Gasteiger partial charge in [0.25, 0.3) is 0 Å². The summed E-state index contributed by atoms with van der Waals surface area (Å²) >= 11 is 0. The molecule has 4 rings (SSSR count). The van der Waals surface area contributed by atoms with Crippen molar-refractivity contribution < 1.29 is 55.6 Å². The lowest BCUT2D eigenvalue weighted by atomic mass is 9.99. The molecule has 2 aliphatic rings. The van der Waals surface area contributed by atoms with Gasteiger partial charge in [0.15, 0.2) is 0 Å². The molecule has 0 bridgehead atoms. The van der Waals surface area contributed by atoms with E-state index in [0.29, 0.717) is 19.3 Å². The smallest absolute Gasteiger partial charge is 0.475 e. The molecule has 4 heterocycles. The number of anilines is 1. The Balaban J connectivity index is 0.000000301. The average Bonchev–Trinajstić information content (AvgIpc) is 3.28. The number of hydrogen-bond acceptors (Lipinski definition) is 8. The van der Waals surface area contributed by atoms with Crippen molar-refractivity contribution in [3.63, 3.8) is 0 Å². The molecule has 2 aromatic heterocycles. The molecule has 0 amide bonds. The van der Waals surface area contributed by atoms with E-state index in [1.165, 1.54) is 0 Å². The molecule has 0 radical (unpaired) electrons. The molecule has 0 saturated carbocycles. The Morgan fingerprint density at radius 2 is 1.58 bits per heavy atom. The van der Waals surface area contributed by atoms with Gasteiger partial charge in [-0.1, -0.05) is 6.07 Å². The number of carbonyl (C=O) groups is 2. The van der Waals surface area contributed by atoms with E-state index in [4.69, 9.17) is 29.3 Å². The molecule has 0 aliphatic carbocycles. The average molecular weight is 554 g/mol. The first-order valence-corrected chi connectivity index (χ1v) is 11.0. The fourth-order valence-electron chi connectivity index (χ4n) is 3.60. The van der Waals surface area contributed by atoms with Crippen LogP contribution in [-0.4, -0.2) is 80.9 Å². The van der Waals surface area contributed by atoms with Gasteiger partial charge in [0.1, 0.15) is 0 Å². The number of pyridine rings is 1. The summed E-state index contributed by atoms with van der Waals surface area (Å²) in [7, 11) is 0. The number of nitrogens with zero attached hydrogens (tertiary/aromatic N) is 4. The molecule has 2 aliphatic heterocycles. The standard InChI is InChI=1S/C18H22N4O2.2C2HF3O2/c1-3-14(11-19-7-1)12-23-13-15-4-5-16-17(24-15)6-10-22(16)18-20-8-2-9-21-18;2*3-2(4,5)1(6)7/h1-3,7-9,11,15-17H,4-6,10,12-13H2;2*(H,6,7)/t15-,16+,17+;;/m1../s1. The highest BCUT2D eigenvalue weighted by Gasteiger charge is 2.41. The van der Waals surface area contributed by atoms with Crippen molar-refractivity contribution >= 4 is 17.9 Å². The molecular weight excluding hydrogens is 530 g/mol. The second-order valence-electron chi connectivity index (χ2n) is 7.95. The molecule has 2 saturated heterocycles. The van der Waals surface area contributed by atoms with E-state index in [-0.39, 0.29) is 12.2 Å². The Labute approximate surface area is 212 Å². The van der Waals surface area contributed by atoms with Gasteiger partial charge in [-0.25, -0.2) is 19.6 Å². The minimum absolute atomic E-state index is 0.180. The van der Waals surface area contributed by atoms with Crippen molar-refractivity contribution in [2.45, 2.75) is 56.5 Å². The number of fused-ring (bicyclic) bond motifs is 1. The van der Waals surface area contributed by atoms with Gasteiger partial charge in [0, 0.05) is 31.3 Å². The van der Waals surface area contributed by atoms with Crippen LogP contribution in [0.4, 0.5) is 32.3 Å². The van der Waals surface area contributed by atoms with Gasteiger partial charge in [-0.15, -0.1) is 0 Å². The summed E-state index contributed by atoms with van der Waals surface area (Å²) in [5.74, 6) is -4.69. The van der Waals surface area contributed by atoms with E-state index in [0.717, 1.165) is 37.3 Å². The maximum Gasteiger partial charge on any atom is 0.490 e. The molecule has 3 atom stereocenters. The molecule has 210 valence electrons. The summed E-state index contributed by atoms with van der Waals surface area (Å²) in [4.78, 5) is 32.9. The number of aromatic nitrogens is 3. The van der Waals surface area contributed by atoms with Crippen LogP contribution in [0.2, 0.25) is 0 Å². The molecule has 0 spiro atoms. The van der Waals surface area contributed by atoms with Crippen molar-refractivity contribution in [3.05, 3.63) is 48.5 Å². The summed E-state index contributed by atoms with van der Waals surface area (Å²) in [5, 5.41) is 14.2. The highest BCUT2D eigenvalue weighted by molar-refractivity contribution is 5.73. The molecule has 10 nitrogen and oxygen atoms in total. The SMILES string of the molecule is O=C(O)C(F)(F)F.O=C(O)C(F)(F)F.c1cnc(N2CC[C@@H]3O[C@@H](COCc4cccnc4)CC[C@@H]32)nc1. The molecule has 16 heteroatoms. The second-order valence-corrected chi connectivity index (χ2v) is 7.95. The van der Waals surface area contributed by atoms with Crippen molar-refractivity contribution in [1.29, 1.82) is 0 Å². The predicted octanol–water partition coefficient (Wildman–Crippen LogP) is 3.48. The third-order valence-corrected chi connectivity index (χ3v) is 5.22. The maximum absolute atomic E-state index is 10.6. The van der Waals surface area contributed by atoms with E-state index < -0.39 is 24.3 Å². The van der Waals surface area contributed by atoms with Gasteiger partial charge >= 0.3 is 24.3 Å². The summed E-state index contributed by atoms with van der Waals surface area (Å²) in [5.41, 5.74) is 1.10. The van der Waals surface area contributed by atoms with Crippen molar-refractivity contribution in [2.75, 3.05) is 18.1 Å². The molecule has 38 heavy (non-hydrogen) atoms. The van der Waals surface area contributed by atoms with Crippen LogP contribution in [0.5, 0.6) is 0 Å². The van der Waals surface area contributed by atoms with Crippen LogP contribution >= 0.6 is 0 Å². The highest BCUT2D eigenvalue weighted by Crippen LogP contribution is 2.33. The zero-order chi connectivity index (χ0) is 28.3. The van der Waals surface area contributed by atoms with Gasteiger partial charge in [-0.2, -0.15) is 26.3 Å². The molecule has 2 N–H and O–H groups in total. The first kappa shape index (κ1) is 30.7. The van der Waals surface area contributed by atoms with E-state index in [1.54, 1.807) is 18.6 Å². The van der Waals surface area contributed by atoms with Crippen molar-refractivity contribution in [1.82, 2.24) is 15.0 Å². The Morgan fingerprint density at radius 1 is 0.974 bits per heavy atom. The van der Waals surface area contributed by atoms with Crippen LogP contribution in [0.15, 0.2) is 43.0 Å². The lowest BCUT2D eigenvalue weighted by molar-refractivity contribution is -0.193. The molecule has 0 aromatic carbocycles. The Bertz CT molecular complexity index is 989. The Hall–Kier alpha value is -3.53. The van der Waals surface area contributed by atoms with Crippen LogP contribution in [0.1, 0.15) is 24.8 Å². The summed E-state index contributed by atoms with van der Waals surface area (Å²) in [6.07, 6.45) is 0.628. The predicted molar refractivity (Wildman–Crippen MR) is 117 cm³/mol. The molecule has 2 aromatic rings. The van der Waals surface area contributed by atoms with E-state index in [9.17, 15) is 26.3 Å². The van der Waals surface area contributed by atoms with E-state index in [2.05, 4.69) is 19.9 Å². The first-order chi connectivity index (χ1) is 17.8. The normalized spacial score (nSPS) is 20.8. The number of halogens is 6. The number of carboxylic acid groups (broad SMARTS) is 2. The first-order valence-electron chi connectivity index (χ1n) is 11.0. The Morgan fingerprint density at radius 3 is 2.11 bits per heavy atom. The quantitative estimate of drug-likeness (QED) is 0.529. The van der Waals surface area contributed by atoms with Gasteiger partial charge in [-0.05, 0) is 37.0 Å². The van der Waals surface area contributed by atoms with Crippen LogP contribution in [0, 0.1) is 0 Å². The zero-order valence-corrected chi connectivity index (χ0v) is 19.6. The minimum atomic E-state index is -5.08. The van der Waals surface area contributed by atoms with Crippen molar-refractivity contribution in [3.8, 4) is 0 Å². The number of hydrogen-bond donors (Lipinski definition) is 2. The number of aliphatic carboxylic acids is 2. The van der Waals surface area contributed by atoms with Crippen molar-refractivity contribution in [2.24, 2.45) is 0 Å². The number of ether oxygens (including phenoxy) is 2. The van der Waals surface area contributed by atoms with Gasteiger partial charge in [0.05, 0.1) is 31.5 Å². The summed E-state index contributed by atoms with van der Waals surface area (Å²) < 4.78 is 75.6. The Kier molecular flexibility index (Phi) is 11.2. The van der Waals surface area contributed by atoms with Crippen LogP contribution in [-0.2, 0) is 25.7 Å². The second kappa shape index (κ2) is 13.9. The van der Waals surface area contributed by atoms with Crippen LogP contribution < -0.4 is 4.90 Å². The monoisotopic (exact) mass is 554 g/mol. The largest absolute Gasteiger partial charge is 0.490 e. The van der Waals surface area contributed by atoms with Gasteiger partial charge < -0.3 is 24.6 Å². The molecule has 0 unspecified atom stereocenters. The number of alkyl halides is 6. The molecule has 2 fully saturated rings. The highest BCUT2D eigenvalue weighted by atomic mass is 19.4. The van der Waals surface area contributed by atoms with Gasteiger partial charge in [0.2, 0.25) is 5.95 Å². The van der Waals surface area contributed by atoms with E-state index >= 15 is 0 Å². The lowest BCUT2D eigenvalue weighted by Crippen LogP contribution is -2.44. The lowest BCUT2D eigenvalue weighted by Gasteiger charge is -2.35. The molecular formula is C22H24F6N4O6. The zero-order valence-electron chi connectivity index (χ0n) is 19.6. The van der Waals surface area contributed by atoms with Gasteiger partial charge in [-0.3, -0.25) is 4.98 Å². The maximum atomic E-state index is 10.6. The summed E-state index contributed by atoms with van der Waals surface area (Å²) in [6.45, 7) is 2.19. The topological polar surface area (TPSA) is 135 Å². The number of carboxylic acids is 2. The fraction of sp³-hybridized carbons (Fsp3) is 0.500. The third-order valence-electron chi connectivity index (χ3n) is 5.22. The number of rotatable bonds is 5.